The lowest BCUT2D eigenvalue weighted by Gasteiger charge is -1.84. The molecule has 0 unspecified atom stereocenters. The number of hydrogen-bond donors (Lipinski definition) is 0. The molecular weight excluding hydrogens is 138 g/mol. The Labute approximate surface area is 56.9 Å². The van der Waals surface area contributed by atoms with Gasteiger partial charge in [0.2, 0.25) is 0 Å². The molecule has 1 aromatic heterocycles. The van der Waals surface area contributed by atoms with Crippen LogP contribution >= 0.6 is 11.6 Å². The van der Waals surface area contributed by atoms with Gasteiger partial charge < -0.3 is 0 Å². The van der Waals surface area contributed by atoms with Gasteiger partial charge in [0.05, 0.1) is 11.2 Å². The molecule has 0 N–H and O–H groups in total. The normalized spacial score (nSPS) is 8.44. The van der Waals surface area contributed by atoms with E-state index in [1.165, 1.54) is 12.3 Å². The second kappa shape index (κ2) is 2.42. The fraction of sp³-hybridized carbons (Fsp3) is 0. The lowest BCUT2D eigenvalue weighted by molar-refractivity contribution is 1.01. The molecule has 4 heteroatoms. The molecule has 3 nitrogen and oxygen atoms in total. The minimum Gasteiger partial charge on any atom is -0.191 e. The standard InChI is InChI=1S/C5H2ClN3/c6-4-1-5(2-7)9-8-3-4/h1,3H. The first-order chi connectivity index (χ1) is 4.33. The average molecular weight is 140 g/mol. The maximum atomic E-state index is 8.25. The molecule has 0 saturated carbocycles. The third-order valence-corrected chi connectivity index (χ3v) is 0.942. The Balaban J connectivity index is 3.12. The number of nitriles is 1. The fourth-order valence-corrected chi connectivity index (χ4v) is 0.545. The van der Waals surface area contributed by atoms with Gasteiger partial charge in [-0.2, -0.15) is 10.4 Å². The van der Waals surface area contributed by atoms with Gasteiger partial charge in [0.25, 0.3) is 0 Å². The van der Waals surface area contributed by atoms with E-state index in [0.717, 1.165) is 0 Å². The van der Waals surface area contributed by atoms with Gasteiger partial charge in [-0.1, -0.05) is 11.6 Å². The first kappa shape index (κ1) is 5.99. The fourth-order valence-electron chi connectivity index (χ4n) is 0.398. The van der Waals surface area contributed by atoms with Crippen molar-refractivity contribution >= 4 is 11.6 Å². The minimum atomic E-state index is 0.238. The van der Waals surface area contributed by atoms with Gasteiger partial charge in [-0.15, -0.1) is 5.10 Å². The zero-order valence-electron chi connectivity index (χ0n) is 4.37. The lowest BCUT2D eigenvalue weighted by atomic mass is 10.4. The number of halogens is 1. The maximum absolute atomic E-state index is 8.25. The van der Waals surface area contributed by atoms with Gasteiger partial charge in [0.15, 0.2) is 5.69 Å². The second-order valence-corrected chi connectivity index (χ2v) is 1.81. The van der Waals surface area contributed by atoms with Crippen LogP contribution in [0.5, 0.6) is 0 Å². The number of aromatic nitrogens is 2. The maximum Gasteiger partial charge on any atom is 0.164 e. The second-order valence-electron chi connectivity index (χ2n) is 1.37. The molecule has 0 atom stereocenters. The molecule has 0 aliphatic carbocycles. The number of rotatable bonds is 0. The van der Waals surface area contributed by atoms with Crippen LogP contribution in [0.15, 0.2) is 12.3 Å². The van der Waals surface area contributed by atoms with Crippen LogP contribution in [0.2, 0.25) is 5.02 Å². The predicted octanol–water partition coefficient (Wildman–Crippen LogP) is 1.00. The molecule has 44 valence electrons. The van der Waals surface area contributed by atoms with Gasteiger partial charge in [0.1, 0.15) is 6.07 Å². The van der Waals surface area contributed by atoms with Gasteiger partial charge in [-0.05, 0) is 6.07 Å². The molecular formula is C5H2ClN3. The summed E-state index contributed by atoms with van der Waals surface area (Å²) in [6.45, 7) is 0. The Morgan fingerprint density at radius 2 is 2.44 bits per heavy atom. The largest absolute Gasteiger partial charge is 0.191 e. The SMILES string of the molecule is N#Cc1cc(Cl)cnn1. The van der Waals surface area contributed by atoms with E-state index in [4.69, 9.17) is 16.9 Å². The number of hydrogen-bond acceptors (Lipinski definition) is 3. The zero-order chi connectivity index (χ0) is 6.69. The van der Waals surface area contributed by atoms with E-state index in [0.29, 0.717) is 5.02 Å². The molecule has 1 rings (SSSR count). The van der Waals surface area contributed by atoms with Crippen molar-refractivity contribution in [2.24, 2.45) is 0 Å². The molecule has 0 fully saturated rings. The number of nitrogens with zero attached hydrogens (tertiary/aromatic N) is 3. The molecule has 0 amide bonds. The molecule has 9 heavy (non-hydrogen) atoms. The summed E-state index contributed by atoms with van der Waals surface area (Å²) in [4.78, 5) is 0. The molecule has 0 aliphatic heterocycles. The zero-order valence-corrected chi connectivity index (χ0v) is 5.13. The van der Waals surface area contributed by atoms with Crippen molar-refractivity contribution < 1.29 is 0 Å². The summed E-state index contributed by atoms with van der Waals surface area (Å²) in [6, 6.07) is 3.26. The summed E-state index contributed by atoms with van der Waals surface area (Å²) in [6.07, 6.45) is 1.38. The first-order valence-corrected chi connectivity index (χ1v) is 2.59. The summed E-state index contributed by atoms with van der Waals surface area (Å²) in [5.74, 6) is 0. The molecule has 0 bridgehead atoms. The van der Waals surface area contributed by atoms with Gasteiger partial charge in [-0.25, -0.2) is 0 Å². The highest BCUT2D eigenvalue weighted by molar-refractivity contribution is 6.30. The Bertz CT molecular complexity index is 253. The Hall–Kier alpha value is -1.14. The van der Waals surface area contributed by atoms with Crippen LogP contribution < -0.4 is 0 Å². The third-order valence-electron chi connectivity index (χ3n) is 0.736. The van der Waals surface area contributed by atoms with Crippen LogP contribution in [0.3, 0.4) is 0 Å². The molecule has 1 heterocycles. The predicted molar refractivity (Wildman–Crippen MR) is 31.8 cm³/mol. The Kier molecular flexibility index (Phi) is 1.61. The minimum absolute atomic E-state index is 0.238. The van der Waals surface area contributed by atoms with Gasteiger partial charge in [-0.3, -0.25) is 0 Å². The van der Waals surface area contributed by atoms with E-state index >= 15 is 0 Å². The van der Waals surface area contributed by atoms with Crippen molar-refractivity contribution in [3.8, 4) is 6.07 Å². The molecule has 0 radical (unpaired) electrons. The summed E-state index contributed by atoms with van der Waals surface area (Å²) in [7, 11) is 0. The smallest absolute Gasteiger partial charge is 0.164 e. The van der Waals surface area contributed by atoms with Crippen molar-refractivity contribution in [2.45, 2.75) is 0 Å². The van der Waals surface area contributed by atoms with E-state index in [1.54, 1.807) is 0 Å². The van der Waals surface area contributed by atoms with Crippen LogP contribution in [-0.4, -0.2) is 10.2 Å². The highest BCUT2D eigenvalue weighted by Crippen LogP contribution is 2.04. The highest BCUT2D eigenvalue weighted by Gasteiger charge is 1.91. The van der Waals surface area contributed by atoms with Crippen molar-refractivity contribution in [1.29, 1.82) is 5.26 Å². The summed E-state index contributed by atoms with van der Waals surface area (Å²) in [5.41, 5.74) is 0.238. The van der Waals surface area contributed by atoms with E-state index in [9.17, 15) is 0 Å². The molecule has 0 aliphatic rings. The first-order valence-electron chi connectivity index (χ1n) is 2.21. The monoisotopic (exact) mass is 139 g/mol. The van der Waals surface area contributed by atoms with Crippen LogP contribution in [-0.2, 0) is 0 Å². The quantitative estimate of drug-likeness (QED) is 0.539. The highest BCUT2D eigenvalue weighted by atomic mass is 35.5. The van der Waals surface area contributed by atoms with Crippen molar-refractivity contribution in [1.82, 2.24) is 10.2 Å². The van der Waals surface area contributed by atoms with Crippen LogP contribution in [0.1, 0.15) is 5.69 Å². The molecule has 0 saturated heterocycles. The van der Waals surface area contributed by atoms with Gasteiger partial charge in [0, 0.05) is 0 Å². The van der Waals surface area contributed by atoms with Crippen LogP contribution in [0.4, 0.5) is 0 Å². The van der Waals surface area contributed by atoms with E-state index < -0.39 is 0 Å². The van der Waals surface area contributed by atoms with Crippen LogP contribution in [0.25, 0.3) is 0 Å². The average Bonchev–Trinajstić information content (AvgIpc) is 1.88. The molecule has 1 aromatic rings. The van der Waals surface area contributed by atoms with Crippen molar-refractivity contribution in [3.05, 3.63) is 23.0 Å². The van der Waals surface area contributed by atoms with E-state index in [-0.39, 0.29) is 5.69 Å². The van der Waals surface area contributed by atoms with Gasteiger partial charge >= 0.3 is 0 Å². The lowest BCUT2D eigenvalue weighted by Crippen LogP contribution is -1.83. The summed E-state index contributed by atoms with van der Waals surface area (Å²) < 4.78 is 0. The molecule has 0 spiro atoms. The van der Waals surface area contributed by atoms with Crippen molar-refractivity contribution in [2.75, 3.05) is 0 Å². The third kappa shape index (κ3) is 1.37. The van der Waals surface area contributed by atoms with Crippen molar-refractivity contribution in [3.63, 3.8) is 0 Å². The van der Waals surface area contributed by atoms with Crippen LogP contribution in [0, 0.1) is 11.3 Å². The van der Waals surface area contributed by atoms with E-state index in [1.807, 2.05) is 6.07 Å². The Morgan fingerprint density at radius 3 is 2.89 bits per heavy atom. The topological polar surface area (TPSA) is 49.6 Å². The Morgan fingerprint density at radius 1 is 1.67 bits per heavy atom. The summed E-state index contributed by atoms with van der Waals surface area (Å²) in [5, 5.41) is 15.6. The summed E-state index contributed by atoms with van der Waals surface area (Å²) >= 11 is 5.47. The molecule has 0 aromatic carbocycles. The van der Waals surface area contributed by atoms with E-state index in [2.05, 4.69) is 10.2 Å².